The van der Waals surface area contributed by atoms with Gasteiger partial charge in [0.1, 0.15) is 5.54 Å². The Bertz CT molecular complexity index is 1020. The number of aromatic nitrogens is 3. The van der Waals surface area contributed by atoms with Gasteiger partial charge in [0.15, 0.2) is 11.0 Å². The van der Waals surface area contributed by atoms with E-state index in [1.807, 2.05) is 65.2 Å². The highest BCUT2D eigenvalue weighted by Crippen LogP contribution is 2.30. The third-order valence-corrected chi connectivity index (χ3v) is 5.99. The fourth-order valence-corrected chi connectivity index (χ4v) is 4.38. The first-order valence-electron chi connectivity index (χ1n) is 9.62. The molecule has 1 N–H and O–H groups in total. The van der Waals surface area contributed by atoms with Crippen LogP contribution in [-0.2, 0) is 4.79 Å². The van der Waals surface area contributed by atoms with Gasteiger partial charge < -0.3 is 5.32 Å². The lowest BCUT2D eigenvalue weighted by atomic mass is 10.0. The Labute approximate surface area is 174 Å². The number of nitriles is 1. The van der Waals surface area contributed by atoms with E-state index in [0.29, 0.717) is 5.16 Å². The highest BCUT2D eigenvalue weighted by atomic mass is 32.2. The highest BCUT2D eigenvalue weighted by Gasteiger charge is 2.35. The Kier molecular flexibility index (Phi) is 5.63. The number of carbonyl (C=O) groups excluding carboxylic acids is 1. The molecule has 29 heavy (non-hydrogen) atoms. The summed E-state index contributed by atoms with van der Waals surface area (Å²) in [7, 11) is 0. The van der Waals surface area contributed by atoms with Crippen LogP contribution < -0.4 is 5.32 Å². The van der Waals surface area contributed by atoms with Crippen LogP contribution in [0, 0.1) is 11.3 Å². The van der Waals surface area contributed by atoms with Gasteiger partial charge in [-0.15, -0.1) is 10.2 Å². The van der Waals surface area contributed by atoms with Crippen molar-refractivity contribution in [2.75, 3.05) is 5.75 Å². The molecule has 0 unspecified atom stereocenters. The fourth-order valence-electron chi connectivity index (χ4n) is 3.62. The Morgan fingerprint density at radius 1 is 1.07 bits per heavy atom. The molecule has 1 fully saturated rings. The largest absolute Gasteiger partial charge is 0.337 e. The number of nitrogens with one attached hydrogen (secondary N) is 1. The Morgan fingerprint density at radius 3 is 2.38 bits per heavy atom. The quantitative estimate of drug-likeness (QED) is 0.630. The zero-order chi connectivity index (χ0) is 20.1. The van der Waals surface area contributed by atoms with Crippen LogP contribution in [0.5, 0.6) is 0 Å². The lowest BCUT2D eigenvalue weighted by Gasteiger charge is -2.21. The number of carbonyl (C=O) groups is 1. The van der Waals surface area contributed by atoms with E-state index in [2.05, 4.69) is 21.6 Å². The molecular formula is C22H21N5OS. The molecule has 6 nitrogen and oxygen atoms in total. The normalized spacial score (nSPS) is 15.0. The minimum atomic E-state index is -0.708. The lowest BCUT2D eigenvalue weighted by Crippen LogP contribution is -2.45. The van der Waals surface area contributed by atoms with Crippen molar-refractivity contribution >= 4 is 17.7 Å². The van der Waals surface area contributed by atoms with Crippen molar-refractivity contribution in [2.24, 2.45) is 0 Å². The second kappa shape index (κ2) is 8.50. The summed E-state index contributed by atoms with van der Waals surface area (Å²) >= 11 is 1.33. The number of nitrogens with zero attached hydrogens (tertiary/aromatic N) is 4. The van der Waals surface area contributed by atoms with E-state index < -0.39 is 5.54 Å². The van der Waals surface area contributed by atoms with Crippen LogP contribution in [0.25, 0.3) is 17.1 Å². The fraction of sp³-hybridized carbons (Fsp3) is 0.273. The van der Waals surface area contributed by atoms with E-state index in [1.54, 1.807) is 0 Å². The first kappa shape index (κ1) is 19.2. The lowest BCUT2D eigenvalue weighted by molar-refractivity contribution is -0.119. The minimum Gasteiger partial charge on any atom is -0.337 e. The zero-order valence-corrected chi connectivity index (χ0v) is 16.7. The average Bonchev–Trinajstić information content (AvgIpc) is 3.41. The summed E-state index contributed by atoms with van der Waals surface area (Å²) in [5, 5.41) is 21.8. The van der Waals surface area contributed by atoms with E-state index in [4.69, 9.17) is 0 Å². The van der Waals surface area contributed by atoms with Gasteiger partial charge in [-0.2, -0.15) is 5.26 Å². The van der Waals surface area contributed by atoms with Gasteiger partial charge in [0.2, 0.25) is 5.91 Å². The summed E-state index contributed by atoms with van der Waals surface area (Å²) in [6.07, 6.45) is 3.39. The predicted molar refractivity (Wildman–Crippen MR) is 112 cm³/mol. The van der Waals surface area contributed by atoms with Crippen molar-refractivity contribution < 1.29 is 4.79 Å². The molecule has 0 aliphatic heterocycles. The van der Waals surface area contributed by atoms with E-state index in [0.717, 1.165) is 42.8 Å². The number of rotatable bonds is 6. The van der Waals surface area contributed by atoms with Crippen molar-refractivity contribution in [1.29, 1.82) is 5.26 Å². The van der Waals surface area contributed by atoms with Crippen molar-refractivity contribution in [3.05, 3.63) is 60.7 Å². The van der Waals surface area contributed by atoms with E-state index in [-0.39, 0.29) is 11.7 Å². The smallest absolute Gasteiger partial charge is 0.231 e. The molecule has 0 saturated heterocycles. The number of thioether (sulfide) groups is 1. The molecule has 0 spiro atoms. The SMILES string of the molecule is N#CC1(NC(=O)CSc2nnc(-c3ccccc3)n2-c2ccccc2)CCCC1. The van der Waals surface area contributed by atoms with Crippen LogP contribution in [0.4, 0.5) is 0 Å². The van der Waals surface area contributed by atoms with Crippen molar-refractivity contribution in [2.45, 2.75) is 36.4 Å². The summed E-state index contributed by atoms with van der Waals surface area (Å²) in [5.74, 6) is 0.759. The molecule has 0 bridgehead atoms. The first-order valence-corrected chi connectivity index (χ1v) is 10.6. The minimum absolute atomic E-state index is 0.151. The molecule has 1 heterocycles. The maximum Gasteiger partial charge on any atom is 0.231 e. The van der Waals surface area contributed by atoms with Gasteiger partial charge in [-0.3, -0.25) is 9.36 Å². The van der Waals surface area contributed by atoms with Crippen molar-refractivity contribution in [3.8, 4) is 23.1 Å². The Morgan fingerprint density at radius 2 is 1.72 bits per heavy atom. The second-order valence-corrected chi connectivity index (χ2v) is 8.02. The molecule has 1 aromatic heterocycles. The molecule has 1 amide bonds. The van der Waals surface area contributed by atoms with Gasteiger partial charge in [-0.1, -0.05) is 60.3 Å². The van der Waals surface area contributed by atoms with Crippen LogP contribution in [0.15, 0.2) is 65.8 Å². The maximum atomic E-state index is 12.5. The van der Waals surface area contributed by atoms with Gasteiger partial charge >= 0.3 is 0 Å². The van der Waals surface area contributed by atoms with E-state index >= 15 is 0 Å². The Balaban J connectivity index is 1.57. The Hall–Kier alpha value is -3.11. The number of hydrogen-bond acceptors (Lipinski definition) is 5. The summed E-state index contributed by atoms with van der Waals surface area (Å²) in [6.45, 7) is 0. The molecular weight excluding hydrogens is 382 g/mol. The second-order valence-electron chi connectivity index (χ2n) is 7.08. The van der Waals surface area contributed by atoms with Gasteiger partial charge in [0.25, 0.3) is 0 Å². The number of benzene rings is 2. The molecule has 2 aromatic carbocycles. The molecule has 4 rings (SSSR count). The topological polar surface area (TPSA) is 83.6 Å². The van der Waals surface area contributed by atoms with E-state index in [9.17, 15) is 10.1 Å². The molecule has 146 valence electrons. The third kappa shape index (κ3) is 4.17. The third-order valence-electron chi connectivity index (χ3n) is 5.06. The van der Waals surface area contributed by atoms with Gasteiger partial charge in [-0.05, 0) is 37.8 Å². The van der Waals surface area contributed by atoms with Crippen molar-refractivity contribution in [3.63, 3.8) is 0 Å². The molecule has 1 saturated carbocycles. The molecule has 1 aliphatic carbocycles. The average molecular weight is 404 g/mol. The summed E-state index contributed by atoms with van der Waals surface area (Å²) < 4.78 is 1.96. The van der Waals surface area contributed by atoms with Crippen LogP contribution in [0.3, 0.4) is 0 Å². The van der Waals surface area contributed by atoms with E-state index in [1.165, 1.54) is 11.8 Å². The van der Waals surface area contributed by atoms with Crippen LogP contribution >= 0.6 is 11.8 Å². The van der Waals surface area contributed by atoms with Crippen LogP contribution in [-0.4, -0.2) is 32.0 Å². The highest BCUT2D eigenvalue weighted by molar-refractivity contribution is 7.99. The van der Waals surface area contributed by atoms with Crippen LogP contribution in [0.1, 0.15) is 25.7 Å². The zero-order valence-electron chi connectivity index (χ0n) is 15.9. The molecule has 0 radical (unpaired) electrons. The number of hydrogen-bond donors (Lipinski definition) is 1. The van der Waals surface area contributed by atoms with Gasteiger partial charge in [0, 0.05) is 11.3 Å². The van der Waals surface area contributed by atoms with Crippen molar-refractivity contribution in [1.82, 2.24) is 20.1 Å². The first-order chi connectivity index (χ1) is 14.2. The van der Waals surface area contributed by atoms with Gasteiger partial charge in [-0.25, -0.2) is 0 Å². The summed E-state index contributed by atoms with van der Waals surface area (Å²) in [4.78, 5) is 12.5. The molecule has 7 heteroatoms. The number of para-hydroxylation sites is 1. The standard InChI is InChI=1S/C22H21N5OS/c23-16-22(13-7-8-14-22)24-19(28)15-29-21-26-25-20(17-9-3-1-4-10-17)27(21)18-11-5-2-6-12-18/h1-6,9-12H,7-8,13-15H2,(H,24,28). The molecule has 3 aromatic rings. The maximum absolute atomic E-state index is 12.5. The predicted octanol–water partition coefficient (Wildman–Crippen LogP) is 3.98. The monoisotopic (exact) mass is 403 g/mol. The van der Waals surface area contributed by atoms with Crippen LogP contribution in [0.2, 0.25) is 0 Å². The summed E-state index contributed by atoms with van der Waals surface area (Å²) in [5.41, 5.74) is 1.18. The summed E-state index contributed by atoms with van der Waals surface area (Å²) in [6, 6.07) is 22.0. The van der Waals surface area contributed by atoms with Gasteiger partial charge in [0.05, 0.1) is 11.8 Å². The molecule has 1 aliphatic rings. The molecule has 0 atom stereocenters. The number of amides is 1.